The van der Waals surface area contributed by atoms with Gasteiger partial charge in [-0.3, -0.25) is 13.8 Å². The number of phosphoric ester groups is 1. The zero-order chi connectivity index (χ0) is 13.9. The molecule has 1 atom stereocenters. The molecule has 0 radical (unpaired) electrons. The Bertz CT molecular complexity index is 292. The summed E-state index contributed by atoms with van der Waals surface area (Å²) in [6, 6.07) is 0. The second kappa shape index (κ2) is 10.2. The fourth-order valence-corrected chi connectivity index (χ4v) is 1.47. The summed E-state index contributed by atoms with van der Waals surface area (Å²) in [7, 11) is -4.32. The van der Waals surface area contributed by atoms with E-state index in [2.05, 4.69) is 13.8 Å². The standard InChI is InChI=1S/C9H17O8P/c1-2-3-4-14-5-6-16-18(12,13)17-7-9(11)15-8-10/h8H,2-7H2,1H3,(H,12,13). The molecule has 9 heteroatoms. The lowest BCUT2D eigenvalue weighted by molar-refractivity contribution is -0.153. The molecule has 0 rings (SSSR count). The Morgan fingerprint density at radius 2 is 2.00 bits per heavy atom. The fourth-order valence-electron chi connectivity index (χ4n) is 0.819. The van der Waals surface area contributed by atoms with Crippen LogP contribution in [0.4, 0.5) is 0 Å². The zero-order valence-electron chi connectivity index (χ0n) is 10.1. The molecule has 0 aromatic rings. The van der Waals surface area contributed by atoms with Crippen LogP contribution in [0.5, 0.6) is 0 Å². The average Bonchev–Trinajstić information content (AvgIpc) is 2.32. The number of rotatable bonds is 11. The van der Waals surface area contributed by atoms with Crippen molar-refractivity contribution in [3.63, 3.8) is 0 Å². The number of unbranched alkanes of at least 4 members (excludes halogenated alkanes) is 1. The Morgan fingerprint density at radius 3 is 2.61 bits per heavy atom. The van der Waals surface area contributed by atoms with Crippen molar-refractivity contribution in [2.24, 2.45) is 0 Å². The van der Waals surface area contributed by atoms with Crippen molar-refractivity contribution in [3.05, 3.63) is 0 Å². The van der Waals surface area contributed by atoms with Crippen LogP contribution in [0.2, 0.25) is 0 Å². The van der Waals surface area contributed by atoms with Gasteiger partial charge in [-0.05, 0) is 6.42 Å². The first-order chi connectivity index (χ1) is 8.52. The minimum absolute atomic E-state index is 0.101. The summed E-state index contributed by atoms with van der Waals surface area (Å²) in [4.78, 5) is 29.5. The van der Waals surface area contributed by atoms with E-state index >= 15 is 0 Å². The Kier molecular flexibility index (Phi) is 9.72. The molecule has 0 aromatic heterocycles. The highest BCUT2D eigenvalue weighted by molar-refractivity contribution is 7.47. The van der Waals surface area contributed by atoms with Crippen LogP contribution < -0.4 is 0 Å². The normalized spacial score (nSPS) is 13.9. The number of phosphoric acid groups is 1. The van der Waals surface area contributed by atoms with E-state index < -0.39 is 20.4 Å². The van der Waals surface area contributed by atoms with E-state index in [0.717, 1.165) is 12.8 Å². The number of ether oxygens (including phenoxy) is 2. The van der Waals surface area contributed by atoms with Gasteiger partial charge in [0.2, 0.25) is 0 Å². The summed E-state index contributed by atoms with van der Waals surface area (Å²) in [5.41, 5.74) is 0. The molecule has 1 N–H and O–H groups in total. The fraction of sp³-hybridized carbons (Fsp3) is 0.778. The van der Waals surface area contributed by atoms with Gasteiger partial charge >= 0.3 is 20.3 Å². The van der Waals surface area contributed by atoms with Crippen LogP contribution in [-0.4, -0.2) is 43.8 Å². The summed E-state index contributed by atoms with van der Waals surface area (Å²) < 4.78 is 28.9. The van der Waals surface area contributed by atoms with Crippen LogP contribution in [0.15, 0.2) is 0 Å². The number of esters is 1. The largest absolute Gasteiger partial charge is 0.472 e. The summed E-state index contributed by atoms with van der Waals surface area (Å²) in [6.45, 7) is 1.61. The highest BCUT2D eigenvalue weighted by Gasteiger charge is 2.22. The van der Waals surface area contributed by atoms with Gasteiger partial charge < -0.3 is 14.4 Å². The van der Waals surface area contributed by atoms with Crippen molar-refractivity contribution >= 4 is 20.3 Å². The molecule has 0 amide bonds. The molecular weight excluding hydrogens is 267 g/mol. The minimum atomic E-state index is -4.32. The lowest BCUT2D eigenvalue weighted by atomic mass is 10.4. The molecular formula is C9H17O8P. The molecule has 0 saturated carbocycles. The predicted molar refractivity (Wildman–Crippen MR) is 59.6 cm³/mol. The predicted octanol–water partition coefficient (Wildman–Crippen LogP) is 0.636. The molecule has 0 bridgehead atoms. The first kappa shape index (κ1) is 17.2. The SMILES string of the molecule is CCCCOCCOP(=O)(O)OCC(=O)OC=O. The second-order valence-corrected chi connectivity index (χ2v) is 4.58. The molecule has 8 nitrogen and oxygen atoms in total. The van der Waals surface area contributed by atoms with Gasteiger partial charge in [0.15, 0.2) is 6.61 Å². The molecule has 0 heterocycles. The van der Waals surface area contributed by atoms with Crippen LogP contribution >= 0.6 is 7.82 Å². The van der Waals surface area contributed by atoms with E-state index in [1.807, 2.05) is 6.92 Å². The van der Waals surface area contributed by atoms with Crippen LogP contribution in [0, 0.1) is 0 Å². The lowest BCUT2D eigenvalue weighted by Gasteiger charge is -2.11. The molecule has 0 spiro atoms. The van der Waals surface area contributed by atoms with Gasteiger partial charge in [-0.15, -0.1) is 0 Å². The maximum absolute atomic E-state index is 11.2. The van der Waals surface area contributed by atoms with E-state index in [4.69, 9.17) is 9.63 Å². The molecule has 18 heavy (non-hydrogen) atoms. The highest BCUT2D eigenvalue weighted by atomic mass is 31.2. The molecule has 0 aliphatic carbocycles. The van der Waals surface area contributed by atoms with Gasteiger partial charge in [0.1, 0.15) is 0 Å². The third-order valence-corrected chi connectivity index (χ3v) is 2.61. The summed E-state index contributed by atoms with van der Waals surface area (Å²) in [5, 5.41) is 0. The average molecular weight is 284 g/mol. The third-order valence-electron chi connectivity index (χ3n) is 1.65. The smallest absolute Gasteiger partial charge is 0.394 e. The van der Waals surface area contributed by atoms with Crippen LogP contribution in [-0.2, 0) is 32.7 Å². The van der Waals surface area contributed by atoms with Crippen LogP contribution in [0.3, 0.4) is 0 Å². The van der Waals surface area contributed by atoms with Crippen LogP contribution in [0.1, 0.15) is 19.8 Å². The molecule has 1 unspecified atom stereocenters. The maximum atomic E-state index is 11.2. The van der Waals surface area contributed by atoms with Gasteiger partial charge in [0.25, 0.3) is 0 Å². The molecule has 0 fully saturated rings. The minimum Gasteiger partial charge on any atom is -0.394 e. The second-order valence-electron chi connectivity index (χ2n) is 3.13. The Balaban J connectivity index is 3.63. The summed E-state index contributed by atoms with van der Waals surface area (Å²) >= 11 is 0. The van der Waals surface area contributed by atoms with Crippen molar-refractivity contribution < 1.29 is 37.6 Å². The lowest BCUT2D eigenvalue weighted by Crippen LogP contribution is -2.12. The van der Waals surface area contributed by atoms with Gasteiger partial charge in [-0.2, -0.15) is 0 Å². The van der Waals surface area contributed by atoms with Gasteiger partial charge in [-0.1, -0.05) is 13.3 Å². The number of hydrogen-bond donors (Lipinski definition) is 1. The highest BCUT2D eigenvalue weighted by Crippen LogP contribution is 2.42. The van der Waals surface area contributed by atoms with Gasteiger partial charge in [0.05, 0.1) is 13.2 Å². The number of carbonyl (C=O) groups is 2. The van der Waals surface area contributed by atoms with E-state index in [9.17, 15) is 14.2 Å². The Hall–Kier alpha value is -0.790. The van der Waals surface area contributed by atoms with E-state index in [1.165, 1.54) is 0 Å². The van der Waals surface area contributed by atoms with Gasteiger partial charge in [0, 0.05) is 6.61 Å². The number of carbonyl (C=O) groups excluding carboxylic acids is 2. The first-order valence-electron chi connectivity index (χ1n) is 5.34. The molecule has 0 aliphatic heterocycles. The van der Waals surface area contributed by atoms with E-state index in [-0.39, 0.29) is 19.7 Å². The van der Waals surface area contributed by atoms with Crippen molar-refractivity contribution in [2.45, 2.75) is 19.8 Å². The quantitative estimate of drug-likeness (QED) is 0.193. The first-order valence-corrected chi connectivity index (χ1v) is 6.84. The number of hydrogen-bond acceptors (Lipinski definition) is 7. The zero-order valence-corrected chi connectivity index (χ0v) is 11.0. The monoisotopic (exact) mass is 284 g/mol. The van der Waals surface area contributed by atoms with Crippen molar-refractivity contribution in [1.29, 1.82) is 0 Å². The van der Waals surface area contributed by atoms with Crippen molar-refractivity contribution in [3.8, 4) is 0 Å². The molecule has 0 saturated heterocycles. The van der Waals surface area contributed by atoms with Crippen LogP contribution in [0.25, 0.3) is 0 Å². The summed E-state index contributed by atoms with van der Waals surface area (Å²) in [5.74, 6) is -1.08. The molecule has 0 aromatic carbocycles. The van der Waals surface area contributed by atoms with Crippen molar-refractivity contribution in [1.82, 2.24) is 0 Å². The molecule has 106 valence electrons. The third kappa shape index (κ3) is 10.4. The van der Waals surface area contributed by atoms with E-state index in [0.29, 0.717) is 6.61 Å². The summed E-state index contributed by atoms with van der Waals surface area (Å²) in [6.07, 6.45) is 1.88. The topological polar surface area (TPSA) is 108 Å². The Morgan fingerprint density at radius 1 is 1.28 bits per heavy atom. The Labute approximate surface area is 105 Å². The maximum Gasteiger partial charge on any atom is 0.472 e. The van der Waals surface area contributed by atoms with E-state index in [1.54, 1.807) is 0 Å². The van der Waals surface area contributed by atoms with Gasteiger partial charge in [-0.25, -0.2) is 9.36 Å². The van der Waals surface area contributed by atoms with Crippen molar-refractivity contribution in [2.75, 3.05) is 26.4 Å². The molecule has 0 aliphatic rings.